The monoisotopic (exact) mass is 302 g/mol. The molecular weight excluding hydrogens is 285 g/mol. The highest BCUT2D eigenvalue weighted by Crippen LogP contribution is 2.35. The zero-order valence-electron chi connectivity index (χ0n) is 11.7. The number of hydrazine groups is 1. The van der Waals surface area contributed by atoms with E-state index in [1.165, 1.54) is 12.3 Å². The van der Waals surface area contributed by atoms with Gasteiger partial charge < -0.3 is 5.32 Å². The van der Waals surface area contributed by atoms with Crippen LogP contribution in [0.1, 0.15) is 18.9 Å². The summed E-state index contributed by atoms with van der Waals surface area (Å²) in [6.45, 7) is 3.76. The van der Waals surface area contributed by atoms with E-state index < -0.39 is 17.6 Å². The second-order valence-electron chi connectivity index (χ2n) is 4.64. The van der Waals surface area contributed by atoms with Gasteiger partial charge in [0.1, 0.15) is 0 Å². The highest BCUT2D eigenvalue weighted by Gasteiger charge is 2.38. The van der Waals surface area contributed by atoms with Gasteiger partial charge >= 0.3 is 6.18 Å². The molecule has 1 amide bonds. The Morgan fingerprint density at radius 3 is 2.67 bits per heavy atom. The lowest BCUT2D eigenvalue weighted by molar-refractivity contribution is -0.137. The van der Waals surface area contributed by atoms with Crippen LogP contribution in [0.3, 0.4) is 0 Å². The van der Waals surface area contributed by atoms with Crippen molar-refractivity contribution in [3.8, 4) is 0 Å². The minimum atomic E-state index is -4.55. The van der Waals surface area contributed by atoms with Gasteiger partial charge in [-0.25, -0.2) is 15.0 Å². The summed E-state index contributed by atoms with van der Waals surface area (Å²) in [7, 11) is 0. The maximum atomic E-state index is 13.1. The number of alkyl halides is 3. The minimum Gasteiger partial charge on any atom is -0.314 e. The van der Waals surface area contributed by atoms with Crippen molar-refractivity contribution in [1.29, 1.82) is 0 Å². The molecule has 1 aromatic rings. The molecule has 116 valence electrons. The maximum absolute atomic E-state index is 13.1. The Hall–Kier alpha value is -1.67. The standard InChI is InChI=1S/C13H17F3N4O/c1-2-11(21)20(19-8-6-17-7-9-19)12-10(13(14,15)16)4-3-5-18-12/h3-5,17H,2,6-9H2,1H3. The highest BCUT2D eigenvalue weighted by atomic mass is 19.4. The number of nitrogens with zero attached hydrogens (tertiary/aromatic N) is 3. The van der Waals surface area contributed by atoms with Gasteiger partial charge in [-0.3, -0.25) is 4.79 Å². The summed E-state index contributed by atoms with van der Waals surface area (Å²) in [5.41, 5.74) is -0.898. The molecule has 2 rings (SSSR count). The molecule has 1 fully saturated rings. The molecule has 0 unspecified atom stereocenters. The summed E-state index contributed by atoms with van der Waals surface area (Å²) in [4.78, 5) is 16.0. The number of carbonyl (C=O) groups is 1. The third-order valence-electron chi connectivity index (χ3n) is 3.21. The number of piperazine rings is 1. The summed E-state index contributed by atoms with van der Waals surface area (Å²) in [5.74, 6) is -0.750. The van der Waals surface area contributed by atoms with E-state index in [1.807, 2.05) is 0 Å². The van der Waals surface area contributed by atoms with Gasteiger partial charge in [0.05, 0.1) is 5.56 Å². The van der Waals surface area contributed by atoms with Crippen LogP contribution in [0.15, 0.2) is 18.3 Å². The van der Waals surface area contributed by atoms with Gasteiger partial charge in [0.25, 0.3) is 0 Å². The average molecular weight is 302 g/mol. The predicted molar refractivity (Wildman–Crippen MR) is 71.5 cm³/mol. The molecule has 0 aromatic carbocycles. The quantitative estimate of drug-likeness (QED) is 0.922. The third-order valence-corrected chi connectivity index (χ3v) is 3.21. The average Bonchev–Trinajstić information content (AvgIpc) is 2.48. The number of aromatic nitrogens is 1. The molecule has 21 heavy (non-hydrogen) atoms. The Labute approximate surface area is 120 Å². The van der Waals surface area contributed by atoms with Gasteiger partial charge in [-0.1, -0.05) is 6.92 Å². The molecule has 8 heteroatoms. The number of pyridine rings is 1. The van der Waals surface area contributed by atoms with E-state index in [0.717, 1.165) is 11.1 Å². The van der Waals surface area contributed by atoms with E-state index in [9.17, 15) is 18.0 Å². The SMILES string of the molecule is CCC(=O)N(c1ncccc1C(F)(F)F)N1CCNCC1. The molecule has 1 aliphatic heterocycles. The molecular formula is C13H17F3N4O. The largest absolute Gasteiger partial charge is 0.420 e. The smallest absolute Gasteiger partial charge is 0.314 e. The summed E-state index contributed by atoms with van der Waals surface area (Å²) in [5, 5.41) is 5.78. The molecule has 1 aliphatic rings. The Morgan fingerprint density at radius 1 is 1.43 bits per heavy atom. The van der Waals surface area contributed by atoms with Crippen molar-refractivity contribution in [2.24, 2.45) is 0 Å². The lowest BCUT2D eigenvalue weighted by atomic mass is 10.2. The van der Waals surface area contributed by atoms with Crippen molar-refractivity contribution in [2.75, 3.05) is 31.2 Å². The van der Waals surface area contributed by atoms with Crippen LogP contribution in [0.4, 0.5) is 19.0 Å². The van der Waals surface area contributed by atoms with Crippen LogP contribution in [0.5, 0.6) is 0 Å². The number of anilines is 1. The molecule has 0 spiro atoms. The second kappa shape index (κ2) is 6.40. The van der Waals surface area contributed by atoms with E-state index in [0.29, 0.717) is 26.2 Å². The molecule has 1 aromatic heterocycles. The van der Waals surface area contributed by atoms with Crippen molar-refractivity contribution in [1.82, 2.24) is 15.3 Å². The topological polar surface area (TPSA) is 48.5 Å². The van der Waals surface area contributed by atoms with Crippen molar-refractivity contribution in [2.45, 2.75) is 19.5 Å². The zero-order valence-corrected chi connectivity index (χ0v) is 11.7. The Morgan fingerprint density at radius 2 is 2.10 bits per heavy atom. The highest BCUT2D eigenvalue weighted by molar-refractivity contribution is 5.92. The predicted octanol–water partition coefficient (Wildman–Crippen LogP) is 1.66. The fraction of sp³-hybridized carbons (Fsp3) is 0.538. The van der Waals surface area contributed by atoms with E-state index in [1.54, 1.807) is 11.9 Å². The molecule has 0 bridgehead atoms. The van der Waals surface area contributed by atoms with Crippen LogP contribution < -0.4 is 10.3 Å². The van der Waals surface area contributed by atoms with Gasteiger partial charge in [-0.2, -0.15) is 13.2 Å². The van der Waals surface area contributed by atoms with Crippen molar-refractivity contribution in [3.63, 3.8) is 0 Å². The van der Waals surface area contributed by atoms with Crippen LogP contribution >= 0.6 is 0 Å². The summed E-state index contributed by atoms with van der Waals surface area (Å²) >= 11 is 0. The number of rotatable bonds is 3. The summed E-state index contributed by atoms with van der Waals surface area (Å²) in [6.07, 6.45) is -3.18. The minimum absolute atomic E-state index is 0.109. The van der Waals surface area contributed by atoms with Crippen molar-refractivity contribution < 1.29 is 18.0 Å². The molecule has 0 saturated carbocycles. The Balaban J connectivity index is 2.44. The van der Waals surface area contributed by atoms with Crippen LogP contribution in [-0.2, 0) is 11.0 Å². The van der Waals surface area contributed by atoms with Crippen LogP contribution in [0.25, 0.3) is 0 Å². The number of hydrogen-bond acceptors (Lipinski definition) is 4. The van der Waals surface area contributed by atoms with Gasteiger partial charge in [-0.15, -0.1) is 0 Å². The van der Waals surface area contributed by atoms with Crippen LogP contribution in [-0.4, -0.2) is 42.1 Å². The second-order valence-corrected chi connectivity index (χ2v) is 4.64. The first-order chi connectivity index (χ1) is 9.95. The number of nitrogens with one attached hydrogen (secondary N) is 1. The number of amides is 1. The van der Waals surface area contributed by atoms with Crippen LogP contribution in [0, 0.1) is 0 Å². The van der Waals surface area contributed by atoms with Gasteiger partial charge in [-0.05, 0) is 12.1 Å². The molecule has 1 N–H and O–H groups in total. The molecule has 0 radical (unpaired) electrons. The van der Waals surface area contributed by atoms with Crippen molar-refractivity contribution >= 4 is 11.7 Å². The molecule has 2 heterocycles. The number of halogens is 3. The molecule has 5 nitrogen and oxygen atoms in total. The van der Waals surface area contributed by atoms with Gasteiger partial charge in [0.15, 0.2) is 5.82 Å². The van der Waals surface area contributed by atoms with E-state index in [2.05, 4.69) is 10.3 Å². The fourth-order valence-electron chi connectivity index (χ4n) is 2.20. The Bertz CT molecular complexity index is 500. The first-order valence-corrected chi connectivity index (χ1v) is 6.76. The van der Waals surface area contributed by atoms with E-state index >= 15 is 0 Å². The Kier molecular flexibility index (Phi) is 4.79. The van der Waals surface area contributed by atoms with Gasteiger partial charge in [0, 0.05) is 38.8 Å². The van der Waals surface area contributed by atoms with Crippen molar-refractivity contribution in [3.05, 3.63) is 23.9 Å². The number of carbonyl (C=O) groups excluding carboxylic acids is 1. The zero-order chi connectivity index (χ0) is 15.5. The lowest BCUT2D eigenvalue weighted by Gasteiger charge is -2.37. The normalized spacial score (nSPS) is 16.8. The molecule has 0 aliphatic carbocycles. The van der Waals surface area contributed by atoms with E-state index in [4.69, 9.17) is 0 Å². The fourth-order valence-corrected chi connectivity index (χ4v) is 2.20. The van der Waals surface area contributed by atoms with Gasteiger partial charge in [0.2, 0.25) is 5.91 Å². The number of hydrogen-bond donors (Lipinski definition) is 1. The lowest BCUT2D eigenvalue weighted by Crippen LogP contribution is -2.55. The molecule has 1 saturated heterocycles. The summed E-state index contributed by atoms with van der Waals surface area (Å²) < 4.78 is 39.4. The summed E-state index contributed by atoms with van der Waals surface area (Å²) in [6, 6.07) is 2.17. The molecule has 0 atom stereocenters. The first kappa shape index (κ1) is 15.7. The first-order valence-electron chi connectivity index (χ1n) is 6.76. The van der Waals surface area contributed by atoms with E-state index in [-0.39, 0.29) is 12.2 Å². The third kappa shape index (κ3) is 3.51. The maximum Gasteiger partial charge on any atom is 0.420 e. The van der Waals surface area contributed by atoms with Crippen LogP contribution in [0.2, 0.25) is 0 Å².